The van der Waals surface area contributed by atoms with Crippen LogP contribution in [-0.2, 0) is 0 Å². The van der Waals surface area contributed by atoms with E-state index in [4.69, 9.17) is 9.47 Å². The third-order valence-electron chi connectivity index (χ3n) is 2.78. The molecule has 1 aromatic rings. The molecule has 19 heavy (non-hydrogen) atoms. The van der Waals surface area contributed by atoms with Crippen LogP contribution in [0.15, 0.2) is 12.1 Å². The van der Waals surface area contributed by atoms with E-state index >= 15 is 0 Å². The highest BCUT2D eigenvalue weighted by Crippen LogP contribution is 2.38. The fourth-order valence-electron chi connectivity index (χ4n) is 1.88. The SMILES string of the molecule is COc1cc(C(O)CC(C)C)c([N+](=O)[O-])cc1OC. The van der Waals surface area contributed by atoms with E-state index in [0.29, 0.717) is 12.2 Å². The molecule has 0 aliphatic heterocycles. The normalized spacial score (nSPS) is 12.3. The quantitative estimate of drug-likeness (QED) is 0.634. The van der Waals surface area contributed by atoms with Crippen LogP contribution >= 0.6 is 0 Å². The van der Waals surface area contributed by atoms with Crippen LogP contribution < -0.4 is 9.47 Å². The van der Waals surface area contributed by atoms with E-state index in [-0.39, 0.29) is 22.9 Å². The van der Waals surface area contributed by atoms with Crippen LogP contribution in [0.4, 0.5) is 5.69 Å². The molecule has 0 radical (unpaired) electrons. The summed E-state index contributed by atoms with van der Waals surface area (Å²) in [4.78, 5) is 10.6. The maximum atomic E-state index is 11.1. The highest BCUT2D eigenvalue weighted by molar-refractivity contribution is 5.55. The Morgan fingerprint density at radius 3 is 2.21 bits per heavy atom. The molecular formula is C13H19NO5. The maximum Gasteiger partial charge on any atom is 0.279 e. The van der Waals surface area contributed by atoms with Crippen molar-refractivity contribution in [2.75, 3.05) is 14.2 Å². The highest BCUT2D eigenvalue weighted by Gasteiger charge is 2.24. The lowest BCUT2D eigenvalue weighted by Gasteiger charge is -2.16. The summed E-state index contributed by atoms with van der Waals surface area (Å²) >= 11 is 0. The lowest BCUT2D eigenvalue weighted by atomic mass is 9.98. The van der Waals surface area contributed by atoms with Crippen LogP contribution in [0.2, 0.25) is 0 Å². The van der Waals surface area contributed by atoms with Crippen LogP contribution in [0.5, 0.6) is 11.5 Å². The van der Waals surface area contributed by atoms with Gasteiger partial charge >= 0.3 is 0 Å². The predicted octanol–water partition coefficient (Wildman–Crippen LogP) is 2.69. The van der Waals surface area contributed by atoms with Gasteiger partial charge in [-0.2, -0.15) is 0 Å². The number of benzene rings is 1. The van der Waals surface area contributed by atoms with Crippen LogP contribution in [0.25, 0.3) is 0 Å². The second-order valence-corrected chi connectivity index (χ2v) is 4.67. The Kier molecular flexibility index (Phi) is 5.11. The van der Waals surface area contributed by atoms with Crippen LogP contribution in [-0.4, -0.2) is 24.2 Å². The number of hydrogen-bond acceptors (Lipinski definition) is 5. The lowest BCUT2D eigenvalue weighted by Crippen LogP contribution is -2.06. The fourth-order valence-corrected chi connectivity index (χ4v) is 1.88. The van der Waals surface area contributed by atoms with Crippen molar-refractivity contribution >= 4 is 5.69 Å². The number of methoxy groups -OCH3 is 2. The molecule has 1 aromatic carbocycles. The molecule has 1 rings (SSSR count). The van der Waals surface area contributed by atoms with Crippen LogP contribution in [0, 0.1) is 16.0 Å². The summed E-state index contributed by atoms with van der Waals surface area (Å²) in [5.74, 6) is 0.864. The first-order chi connectivity index (χ1) is 8.90. The van der Waals surface area contributed by atoms with Crippen molar-refractivity contribution in [3.63, 3.8) is 0 Å². The van der Waals surface area contributed by atoms with Crippen molar-refractivity contribution in [1.29, 1.82) is 0 Å². The number of aliphatic hydroxyl groups excluding tert-OH is 1. The minimum absolute atomic E-state index is 0.161. The largest absolute Gasteiger partial charge is 0.493 e. The smallest absolute Gasteiger partial charge is 0.279 e. The maximum absolute atomic E-state index is 11.1. The van der Waals surface area contributed by atoms with Crippen molar-refractivity contribution in [3.05, 3.63) is 27.8 Å². The number of hydrogen-bond donors (Lipinski definition) is 1. The van der Waals surface area contributed by atoms with E-state index in [0.717, 1.165) is 0 Å². The van der Waals surface area contributed by atoms with Gasteiger partial charge in [-0.1, -0.05) is 13.8 Å². The van der Waals surface area contributed by atoms with E-state index in [9.17, 15) is 15.2 Å². The number of nitro benzene ring substituents is 1. The number of ether oxygens (including phenoxy) is 2. The molecule has 6 nitrogen and oxygen atoms in total. The first-order valence-corrected chi connectivity index (χ1v) is 5.99. The monoisotopic (exact) mass is 269 g/mol. The number of rotatable bonds is 6. The Hall–Kier alpha value is -1.82. The van der Waals surface area contributed by atoms with Crippen molar-refractivity contribution < 1.29 is 19.5 Å². The Morgan fingerprint density at radius 1 is 1.26 bits per heavy atom. The van der Waals surface area contributed by atoms with Crippen molar-refractivity contribution in [1.82, 2.24) is 0 Å². The number of nitro groups is 1. The van der Waals surface area contributed by atoms with E-state index in [1.165, 1.54) is 26.4 Å². The fraction of sp³-hybridized carbons (Fsp3) is 0.538. The number of nitrogens with zero attached hydrogens (tertiary/aromatic N) is 1. The summed E-state index contributed by atoms with van der Waals surface area (Å²) in [6.07, 6.45) is -0.462. The second-order valence-electron chi connectivity index (χ2n) is 4.67. The van der Waals surface area contributed by atoms with Crippen LogP contribution in [0.3, 0.4) is 0 Å². The van der Waals surface area contributed by atoms with Gasteiger partial charge in [-0.05, 0) is 18.4 Å². The molecule has 0 spiro atoms. The third kappa shape index (κ3) is 3.57. The Balaban J connectivity index is 3.30. The molecule has 1 N–H and O–H groups in total. The molecule has 0 saturated heterocycles. The Morgan fingerprint density at radius 2 is 1.79 bits per heavy atom. The van der Waals surface area contributed by atoms with Gasteiger partial charge in [-0.3, -0.25) is 10.1 Å². The van der Waals surface area contributed by atoms with E-state index in [2.05, 4.69) is 0 Å². The van der Waals surface area contributed by atoms with E-state index in [1.54, 1.807) is 0 Å². The zero-order valence-corrected chi connectivity index (χ0v) is 11.5. The van der Waals surface area contributed by atoms with Crippen LogP contribution in [0.1, 0.15) is 31.9 Å². The van der Waals surface area contributed by atoms with Gasteiger partial charge in [0, 0.05) is 0 Å². The first kappa shape index (κ1) is 15.2. The summed E-state index contributed by atoms with van der Waals surface area (Å²) in [6.45, 7) is 3.88. The molecule has 0 fully saturated rings. The molecule has 6 heteroatoms. The molecule has 0 aliphatic carbocycles. The Bertz CT molecular complexity index is 459. The molecule has 0 aliphatic rings. The average molecular weight is 269 g/mol. The summed E-state index contributed by atoms with van der Waals surface area (Å²) in [5.41, 5.74) is 0.0853. The molecule has 1 unspecified atom stereocenters. The van der Waals surface area contributed by atoms with Gasteiger partial charge in [-0.15, -0.1) is 0 Å². The van der Waals surface area contributed by atoms with Gasteiger partial charge in [0.1, 0.15) is 0 Å². The molecule has 0 bridgehead atoms. The van der Waals surface area contributed by atoms with Crippen molar-refractivity contribution in [3.8, 4) is 11.5 Å². The van der Waals surface area contributed by atoms with Gasteiger partial charge in [0.05, 0.1) is 36.9 Å². The minimum Gasteiger partial charge on any atom is -0.493 e. The van der Waals surface area contributed by atoms with Gasteiger partial charge in [0.15, 0.2) is 11.5 Å². The summed E-state index contributed by atoms with van der Waals surface area (Å²) in [7, 11) is 2.86. The third-order valence-corrected chi connectivity index (χ3v) is 2.78. The molecule has 0 amide bonds. The molecule has 106 valence electrons. The minimum atomic E-state index is -0.903. The molecule has 0 heterocycles. The summed E-state index contributed by atoms with van der Waals surface area (Å²) in [6, 6.07) is 2.74. The molecule has 0 aromatic heterocycles. The molecule has 0 saturated carbocycles. The molecular weight excluding hydrogens is 250 g/mol. The number of aliphatic hydroxyl groups is 1. The second kappa shape index (κ2) is 6.38. The van der Waals surface area contributed by atoms with E-state index in [1.807, 2.05) is 13.8 Å². The first-order valence-electron chi connectivity index (χ1n) is 5.99. The van der Waals surface area contributed by atoms with E-state index < -0.39 is 11.0 Å². The Labute approximate surface area is 112 Å². The summed E-state index contributed by atoms with van der Waals surface area (Å²) in [5, 5.41) is 21.2. The van der Waals surface area contributed by atoms with Crippen molar-refractivity contribution in [2.24, 2.45) is 5.92 Å². The zero-order valence-electron chi connectivity index (χ0n) is 11.5. The van der Waals surface area contributed by atoms with Gasteiger partial charge in [0.25, 0.3) is 5.69 Å². The molecule has 1 atom stereocenters. The van der Waals surface area contributed by atoms with Gasteiger partial charge in [0.2, 0.25) is 0 Å². The lowest BCUT2D eigenvalue weighted by molar-refractivity contribution is -0.386. The zero-order chi connectivity index (χ0) is 14.6. The average Bonchev–Trinajstić information content (AvgIpc) is 2.35. The van der Waals surface area contributed by atoms with Gasteiger partial charge < -0.3 is 14.6 Å². The van der Waals surface area contributed by atoms with Crippen molar-refractivity contribution in [2.45, 2.75) is 26.4 Å². The standard InChI is InChI=1S/C13H19NO5/c1-8(2)5-11(15)9-6-12(18-3)13(19-4)7-10(9)14(16)17/h6-8,11,15H,5H2,1-4H3. The topological polar surface area (TPSA) is 81.8 Å². The summed E-state index contributed by atoms with van der Waals surface area (Å²) < 4.78 is 10.1. The van der Waals surface area contributed by atoms with Gasteiger partial charge in [-0.25, -0.2) is 0 Å². The predicted molar refractivity (Wildman–Crippen MR) is 70.6 cm³/mol. The highest BCUT2D eigenvalue weighted by atomic mass is 16.6.